The van der Waals surface area contributed by atoms with Crippen LogP contribution >= 0.6 is 0 Å². The topological polar surface area (TPSA) is 39.2 Å². The molecule has 0 fully saturated rings. The van der Waals surface area contributed by atoms with Gasteiger partial charge >= 0.3 is 5.97 Å². The van der Waals surface area contributed by atoms with E-state index in [0.717, 1.165) is 35.0 Å². The van der Waals surface area contributed by atoms with Crippen molar-refractivity contribution in [3.8, 4) is 11.3 Å². The number of hydrogen-bond acceptors (Lipinski definition) is 3. The lowest BCUT2D eigenvalue weighted by atomic mass is 9.72. The monoisotopic (exact) mass is 395 g/mol. The quantitative estimate of drug-likeness (QED) is 0.367. The van der Waals surface area contributed by atoms with Gasteiger partial charge in [-0.2, -0.15) is 0 Å². The van der Waals surface area contributed by atoms with Crippen LogP contribution in [0.15, 0.2) is 66.7 Å². The van der Waals surface area contributed by atoms with Crippen molar-refractivity contribution in [3.05, 3.63) is 77.9 Å². The van der Waals surface area contributed by atoms with E-state index in [2.05, 4.69) is 61.5 Å². The Bertz CT molecular complexity index is 1280. The zero-order valence-corrected chi connectivity index (χ0v) is 17.4. The average Bonchev–Trinajstić information content (AvgIpc) is 3.02. The molecule has 4 aromatic rings. The zero-order valence-electron chi connectivity index (χ0n) is 17.4. The summed E-state index contributed by atoms with van der Waals surface area (Å²) in [7, 11) is 0. The van der Waals surface area contributed by atoms with Crippen LogP contribution in [0.1, 0.15) is 44.2 Å². The van der Waals surface area contributed by atoms with Crippen molar-refractivity contribution >= 4 is 27.6 Å². The molecule has 150 valence electrons. The number of fused-ring (bicyclic) bond motifs is 6. The van der Waals surface area contributed by atoms with E-state index < -0.39 is 5.41 Å². The lowest BCUT2D eigenvalue weighted by Crippen LogP contribution is -2.29. The van der Waals surface area contributed by atoms with Gasteiger partial charge in [0.15, 0.2) is 0 Å². The van der Waals surface area contributed by atoms with Gasteiger partial charge in [-0.1, -0.05) is 67.9 Å². The van der Waals surface area contributed by atoms with Gasteiger partial charge in [-0.15, -0.1) is 0 Å². The van der Waals surface area contributed by atoms with Crippen LogP contribution in [-0.2, 0) is 14.9 Å². The third-order valence-electron chi connectivity index (χ3n) is 6.35. The number of benzene rings is 3. The van der Waals surface area contributed by atoms with Crippen molar-refractivity contribution in [2.75, 3.05) is 6.61 Å². The van der Waals surface area contributed by atoms with Crippen molar-refractivity contribution in [1.82, 2.24) is 4.98 Å². The molecule has 1 aliphatic carbocycles. The second-order valence-electron chi connectivity index (χ2n) is 8.10. The summed E-state index contributed by atoms with van der Waals surface area (Å²) in [5.41, 5.74) is 5.12. The molecule has 1 heterocycles. The minimum Gasteiger partial charge on any atom is -0.466 e. The number of carbonyl (C=O) groups excluding carboxylic acids is 1. The van der Waals surface area contributed by atoms with E-state index in [4.69, 9.17) is 9.72 Å². The second kappa shape index (κ2) is 7.24. The van der Waals surface area contributed by atoms with Crippen molar-refractivity contribution in [2.45, 2.75) is 38.5 Å². The second-order valence-corrected chi connectivity index (χ2v) is 8.10. The highest BCUT2D eigenvalue weighted by Crippen LogP contribution is 2.55. The normalized spacial score (nSPS) is 17.1. The Kier molecular flexibility index (Phi) is 4.54. The van der Waals surface area contributed by atoms with Crippen molar-refractivity contribution in [2.24, 2.45) is 0 Å². The molecule has 0 radical (unpaired) electrons. The van der Waals surface area contributed by atoms with Crippen LogP contribution in [0.2, 0.25) is 0 Å². The Morgan fingerprint density at radius 2 is 1.70 bits per heavy atom. The smallest absolute Gasteiger partial charge is 0.307 e. The van der Waals surface area contributed by atoms with Crippen molar-refractivity contribution in [1.29, 1.82) is 0 Å². The molecule has 1 unspecified atom stereocenters. The van der Waals surface area contributed by atoms with Crippen molar-refractivity contribution in [3.63, 3.8) is 0 Å². The van der Waals surface area contributed by atoms with Gasteiger partial charge in [0.05, 0.1) is 24.2 Å². The highest BCUT2D eigenvalue weighted by Gasteiger charge is 2.46. The SMILES string of the molecule is CCCC1(CC(=O)OCC)c2cc3ccccc3nc2-c2c1ccc1ccccc21. The molecule has 3 heteroatoms. The molecular formula is C27H25NO2. The fourth-order valence-corrected chi connectivity index (χ4v) is 5.18. The molecule has 0 saturated carbocycles. The van der Waals surface area contributed by atoms with E-state index in [1.54, 1.807) is 0 Å². The molecule has 1 atom stereocenters. The third-order valence-corrected chi connectivity index (χ3v) is 6.35. The summed E-state index contributed by atoms with van der Waals surface area (Å²) in [6.07, 6.45) is 2.19. The lowest BCUT2D eigenvalue weighted by Gasteiger charge is -2.31. The summed E-state index contributed by atoms with van der Waals surface area (Å²) in [6, 6.07) is 23.3. The van der Waals surface area contributed by atoms with Crippen molar-refractivity contribution < 1.29 is 9.53 Å². The van der Waals surface area contributed by atoms with Gasteiger partial charge in [-0.05, 0) is 47.4 Å². The molecule has 30 heavy (non-hydrogen) atoms. The first-order valence-corrected chi connectivity index (χ1v) is 10.8. The van der Waals surface area contributed by atoms with E-state index >= 15 is 0 Å². The first-order valence-electron chi connectivity index (χ1n) is 10.8. The minimum absolute atomic E-state index is 0.147. The predicted octanol–water partition coefficient (Wildman–Crippen LogP) is 6.41. The molecule has 0 bridgehead atoms. The number of carbonyl (C=O) groups is 1. The zero-order chi connectivity index (χ0) is 20.7. The van der Waals surface area contributed by atoms with Gasteiger partial charge in [0.25, 0.3) is 0 Å². The van der Waals surface area contributed by atoms with Crippen LogP contribution in [-0.4, -0.2) is 17.6 Å². The molecule has 0 aliphatic heterocycles. The van der Waals surface area contributed by atoms with Gasteiger partial charge in [0.2, 0.25) is 0 Å². The Hall–Kier alpha value is -3.20. The molecule has 1 aromatic heterocycles. The summed E-state index contributed by atoms with van der Waals surface area (Å²) in [5, 5.41) is 3.50. The van der Waals surface area contributed by atoms with Gasteiger partial charge < -0.3 is 4.74 Å². The summed E-state index contributed by atoms with van der Waals surface area (Å²) in [5.74, 6) is -0.147. The van der Waals surface area contributed by atoms with Gasteiger partial charge in [-0.25, -0.2) is 4.98 Å². The first kappa shape index (κ1) is 18.8. The Balaban J connectivity index is 1.88. The van der Waals surface area contributed by atoms with E-state index in [1.165, 1.54) is 21.9 Å². The summed E-state index contributed by atoms with van der Waals surface area (Å²) >= 11 is 0. The Labute approximate surface area is 176 Å². The maximum absolute atomic E-state index is 12.8. The molecule has 3 nitrogen and oxygen atoms in total. The Morgan fingerprint density at radius 3 is 2.50 bits per heavy atom. The predicted molar refractivity (Wildman–Crippen MR) is 122 cm³/mol. The number of rotatable bonds is 5. The standard InChI is InChI=1S/C27H25NO2/c1-3-15-27(17-24(29)30-4-2)21-14-13-18-9-5-7-11-20(18)25(21)26-22(27)16-19-10-6-8-12-23(19)28-26/h5-14,16H,3-4,15,17H2,1-2H3. The largest absolute Gasteiger partial charge is 0.466 e. The molecule has 1 aliphatic rings. The molecule has 5 rings (SSSR count). The maximum Gasteiger partial charge on any atom is 0.307 e. The fraction of sp³-hybridized carbons (Fsp3) is 0.259. The number of esters is 1. The van der Waals surface area contributed by atoms with E-state index in [-0.39, 0.29) is 5.97 Å². The summed E-state index contributed by atoms with van der Waals surface area (Å²) < 4.78 is 5.42. The van der Waals surface area contributed by atoms with Crippen LogP contribution in [0.25, 0.3) is 32.9 Å². The number of aromatic nitrogens is 1. The lowest BCUT2D eigenvalue weighted by molar-refractivity contribution is -0.144. The molecular weight excluding hydrogens is 370 g/mol. The summed E-state index contributed by atoms with van der Waals surface area (Å²) in [6.45, 7) is 4.44. The minimum atomic E-state index is -0.410. The van der Waals surface area contributed by atoms with Gasteiger partial charge in [0.1, 0.15) is 0 Å². The number of hydrogen-bond donors (Lipinski definition) is 0. The van der Waals surface area contributed by atoms with E-state index in [9.17, 15) is 4.79 Å². The highest BCUT2D eigenvalue weighted by molar-refractivity contribution is 6.03. The number of ether oxygens (including phenoxy) is 1. The van der Waals surface area contributed by atoms with Gasteiger partial charge in [0, 0.05) is 16.4 Å². The Morgan fingerprint density at radius 1 is 0.933 bits per heavy atom. The molecule has 0 spiro atoms. The number of pyridine rings is 1. The van der Waals surface area contributed by atoms with Crippen LogP contribution in [0, 0.1) is 0 Å². The highest BCUT2D eigenvalue weighted by atomic mass is 16.5. The fourth-order valence-electron chi connectivity index (χ4n) is 5.18. The van der Waals surface area contributed by atoms with E-state index in [1.807, 2.05) is 19.1 Å². The first-order chi connectivity index (χ1) is 14.7. The molecule has 0 N–H and O–H groups in total. The number of para-hydroxylation sites is 1. The van der Waals surface area contributed by atoms with Crippen LogP contribution in [0.5, 0.6) is 0 Å². The van der Waals surface area contributed by atoms with Crippen LogP contribution in [0.3, 0.4) is 0 Å². The number of nitrogens with zero attached hydrogens (tertiary/aromatic N) is 1. The average molecular weight is 396 g/mol. The molecule has 0 amide bonds. The third kappa shape index (κ3) is 2.72. The van der Waals surface area contributed by atoms with E-state index in [0.29, 0.717) is 13.0 Å². The summed E-state index contributed by atoms with van der Waals surface area (Å²) in [4.78, 5) is 17.9. The molecule has 3 aromatic carbocycles. The van der Waals surface area contributed by atoms with Gasteiger partial charge in [-0.3, -0.25) is 4.79 Å². The molecule has 0 saturated heterocycles. The maximum atomic E-state index is 12.8. The van der Waals surface area contributed by atoms with Crippen LogP contribution in [0.4, 0.5) is 0 Å². The van der Waals surface area contributed by atoms with Crippen LogP contribution < -0.4 is 0 Å².